The standard InChI is InChI=1S/C51H31N5O/c1-3-13-32(14-4-1)34-23-26-40-39-19-9-12-22-45(39)56(46(40)29-34)51-53-49(33-15-5-2-6-16-33)52-50(54-51)35-24-27-41-42-28-25-36(31-48(42)57-47(41)30-35)55-43-20-10-7-17-37(43)38-18-8-11-21-44(38)55/h1-31H. The fourth-order valence-electron chi connectivity index (χ4n) is 8.55. The molecule has 0 fully saturated rings. The maximum absolute atomic E-state index is 6.68. The first-order valence-corrected chi connectivity index (χ1v) is 19.1. The molecule has 0 radical (unpaired) electrons. The zero-order chi connectivity index (χ0) is 37.5. The van der Waals surface area contributed by atoms with Crippen LogP contribution in [-0.4, -0.2) is 24.1 Å². The lowest BCUT2D eigenvalue weighted by Crippen LogP contribution is -2.06. The van der Waals surface area contributed by atoms with Gasteiger partial charge in [-0.1, -0.05) is 133 Å². The third-order valence-electron chi connectivity index (χ3n) is 11.2. The molecule has 0 bridgehead atoms. The summed E-state index contributed by atoms with van der Waals surface area (Å²) in [4.78, 5) is 15.5. The van der Waals surface area contributed by atoms with Crippen LogP contribution in [0, 0.1) is 0 Å². The maximum atomic E-state index is 6.68. The Balaban J connectivity index is 1.04. The molecule has 12 rings (SSSR count). The Bertz CT molecular complexity index is 3470. The lowest BCUT2D eigenvalue weighted by atomic mass is 10.0. The minimum absolute atomic E-state index is 0.552. The van der Waals surface area contributed by atoms with Crippen LogP contribution in [-0.2, 0) is 0 Å². The van der Waals surface area contributed by atoms with Gasteiger partial charge >= 0.3 is 0 Å². The second-order valence-electron chi connectivity index (χ2n) is 14.5. The van der Waals surface area contributed by atoms with E-state index in [1.54, 1.807) is 0 Å². The Morgan fingerprint density at radius 2 is 0.807 bits per heavy atom. The molecule has 4 aromatic heterocycles. The molecule has 0 saturated heterocycles. The van der Waals surface area contributed by atoms with Crippen LogP contribution in [0.15, 0.2) is 192 Å². The van der Waals surface area contributed by atoms with E-state index in [4.69, 9.17) is 19.4 Å². The van der Waals surface area contributed by atoms with Gasteiger partial charge in [-0.15, -0.1) is 0 Å². The largest absolute Gasteiger partial charge is 0.456 e. The number of fused-ring (bicyclic) bond motifs is 9. The molecule has 0 spiro atoms. The van der Waals surface area contributed by atoms with E-state index in [0.29, 0.717) is 17.6 Å². The van der Waals surface area contributed by atoms with Crippen molar-refractivity contribution in [2.24, 2.45) is 0 Å². The highest BCUT2D eigenvalue weighted by atomic mass is 16.3. The van der Waals surface area contributed by atoms with E-state index in [2.05, 4.69) is 161 Å². The molecule has 4 heterocycles. The monoisotopic (exact) mass is 729 g/mol. The minimum Gasteiger partial charge on any atom is -0.456 e. The van der Waals surface area contributed by atoms with Gasteiger partial charge in [-0.25, -0.2) is 4.98 Å². The van der Waals surface area contributed by atoms with Crippen molar-refractivity contribution in [2.45, 2.75) is 0 Å². The zero-order valence-corrected chi connectivity index (χ0v) is 30.5. The van der Waals surface area contributed by atoms with Crippen molar-refractivity contribution in [3.05, 3.63) is 188 Å². The molecule has 0 saturated carbocycles. The van der Waals surface area contributed by atoms with Crippen molar-refractivity contribution in [2.75, 3.05) is 0 Å². The first-order valence-electron chi connectivity index (χ1n) is 19.1. The first-order chi connectivity index (χ1) is 28.2. The van der Waals surface area contributed by atoms with Crippen molar-refractivity contribution in [1.82, 2.24) is 24.1 Å². The Labute approximate surface area is 326 Å². The van der Waals surface area contributed by atoms with Crippen molar-refractivity contribution in [1.29, 1.82) is 0 Å². The number of furan rings is 1. The maximum Gasteiger partial charge on any atom is 0.238 e. The van der Waals surface area contributed by atoms with Gasteiger partial charge in [-0.3, -0.25) is 4.57 Å². The van der Waals surface area contributed by atoms with Crippen LogP contribution in [0.4, 0.5) is 0 Å². The molecular formula is C51H31N5O. The van der Waals surface area contributed by atoms with Crippen LogP contribution in [0.5, 0.6) is 0 Å². The van der Waals surface area contributed by atoms with Gasteiger partial charge in [0.05, 0.1) is 22.1 Å². The van der Waals surface area contributed by atoms with Crippen molar-refractivity contribution in [3.8, 4) is 45.5 Å². The van der Waals surface area contributed by atoms with Crippen LogP contribution in [0.3, 0.4) is 0 Å². The van der Waals surface area contributed by atoms with Crippen molar-refractivity contribution in [3.63, 3.8) is 0 Å². The molecule has 57 heavy (non-hydrogen) atoms. The van der Waals surface area contributed by atoms with E-state index in [1.807, 2.05) is 36.4 Å². The molecule has 6 heteroatoms. The summed E-state index contributed by atoms with van der Waals surface area (Å²) in [7, 11) is 0. The highest BCUT2D eigenvalue weighted by Crippen LogP contribution is 2.38. The van der Waals surface area contributed by atoms with Gasteiger partial charge in [0.15, 0.2) is 11.6 Å². The number of hydrogen-bond acceptors (Lipinski definition) is 4. The van der Waals surface area contributed by atoms with Gasteiger partial charge in [0.25, 0.3) is 0 Å². The molecule has 8 aromatic carbocycles. The lowest BCUT2D eigenvalue weighted by Gasteiger charge is -2.11. The summed E-state index contributed by atoms with van der Waals surface area (Å²) < 4.78 is 11.2. The average molecular weight is 730 g/mol. The van der Waals surface area contributed by atoms with E-state index >= 15 is 0 Å². The number of para-hydroxylation sites is 3. The topological polar surface area (TPSA) is 61.7 Å². The molecule has 12 aromatic rings. The summed E-state index contributed by atoms with van der Waals surface area (Å²) in [5.41, 5.74) is 11.1. The number of nitrogens with zero attached hydrogens (tertiary/aromatic N) is 5. The lowest BCUT2D eigenvalue weighted by molar-refractivity contribution is 0.668. The molecule has 0 aliphatic rings. The van der Waals surface area contributed by atoms with Gasteiger partial charge in [0.1, 0.15) is 11.2 Å². The molecule has 6 nitrogen and oxygen atoms in total. The van der Waals surface area contributed by atoms with E-state index in [0.717, 1.165) is 82.7 Å². The van der Waals surface area contributed by atoms with Crippen LogP contribution in [0.25, 0.3) is 111 Å². The predicted octanol–water partition coefficient (Wildman–Crippen LogP) is 13.0. The summed E-state index contributed by atoms with van der Waals surface area (Å²) in [5.74, 6) is 1.72. The van der Waals surface area contributed by atoms with Crippen LogP contribution in [0.1, 0.15) is 0 Å². The van der Waals surface area contributed by atoms with Gasteiger partial charge in [-0.05, 0) is 59.7 Å². The Hall–Kier alpha value is -7.83. The van der Waals surface area contributed by atoms with E-state index in [1.165, 1.54) is 10.8 Å². The second kappa shape index (κ2) is 12.3. The molecule has 0 aliphatic carbocycles. The van der Waals surface area contributed by atoms with Gasteiger partial charge in [0.2, 0.25) is 5.95 Å². The second-order valence-corrected chi connectivity index (χ2v) is 14.5. The quantitative estimate of drug-likeness (QED) is 0.177. The third kappa shape index (κ3) is 4.94. The normalized spacial score (nSPS) is 11.9. The van der Waals surface area contributed by atoms with E-state index < -0.39 is 0 Å². The molecule has 0 aliphatic heterocycles. The Morgan fingerprint density at radius 3 is 1.47 bits per heavy atom. The zero-order valence-electron chi connectivity index (χ0n) is 30.5. The minimum atomic E-state index is 0.552. The summed E-state index contributed by atoms with van der Waals surface area (Å²) in [5, 5.41) is 6.83. The summed E-state index contributed by atoms with van der Waals surface area (Å²) in [6, 6.07) is 65.6. The smallest absolute Gasteiger partial charge is 0.238 e. The van der Waals surface area contributed by atoms with Gasteiger partial charge in [0, 0.05) is 55.2 Å². The van der Waals surface area contributed by atoms with Crippen molar-refractivity contribution >= 4 is 65.6 Å². The van der Waals surface area contributed by atoms with E-state index in [-0.39, 0.29) is 0 Å². The average Bonchev–Trinajstić information content (AvgIpc) is 3.93. The SMILES string of the molecule is c1ccc(-c2ccc3c4ccccc4n(-c4nc(-c5ccccc5)nc(-c5ccc6c(c5)oc5cc(-n7c8ccccc8c8ccccc87)ccc56)n4)c3c2)cc1. The summed E-state index contributed by atoms with van der Waals surface area (Å²) >= 11 is 0. The highest BCUT2D eigenvalue weighted by Gasteiger charge is 2.20. The third-order valence-corrected chi connectivity index (χ3v) is 11.2. The molecular weight excluding hydrogens is 699 g/mol. The molecule has 0 atom stereocenters. The van der Waals surface area contributed by atoms with E-state index in [9.17, 15) is 0 Å². The van der Waals surface area contributed by atoms with Crippen LogP contribution < -0.4 is 0 Å². The van der Waals surface area contributed by atoms with Crippen molar-refractivity contribution < 1.29 is 4.42 Å². The number of benzene rings is 8. The van der Waals surface area contributed by atoms with Gasteiger partial charge in [-0.2, -0.15) is 9.97 Å². The number of aromatic nitrogens is 5. The molecule has 266 valence electrons. The Kier molecular flexibility index (Phi) is 6.83. The van der Waals surface area contributed by atoms with Crippen LogP contribution >= 0.6 is 0 Å². The Morgan fingerprint density at radius 1 is 0.316 bits per heavy atom. The summed E-state index contributed by atoms with van der Waals surface area (Å²) in [6.07, 6.45) is 0. The van der Waals surface area contributed by atoms with Gasteiger partial charge < -0.3 is 8.98 Å². The first kappa shape index (κ1) is 31.5. The van der Waals surface area contributed by atoms with Crippen LogP contribution in [0.2, 0.25) is 0 Å². The highest BCUT2D eigenvalue weighted by molar-refractivity contribution is 6.11. The molecule has 0 amide bonds. The number of rotatable bonds is 5. The summed E-state index contributed by atoms with van der Waals surface area (Å²) in [6.45, 7) is 0. The molecule has 0 N–H and O–H groups in total. The molecule has 0 unspecified atom stereocenters. The fourth-order valence-corrected chi connectivity index (χ4v) is 8.55. The predicted molar refractivity (Wildman–Crippen MR) is 232 cm³/mol. The fraction of sp³-hybridized carbons (Fsp3) is 0. The number of hydrogen-bond donors (Lipinski definition) is 0.